The third kappa shape index (κ3) is 4.25. The first kappa shape index (κ1) is 15.4. The number of carboxylic acids is 1. The van der Waals surface area contributed by atoms with Gasteiger partial charge >= 0.3 is 5.97 Å². The quantitative estimate of drug-likeness (QED) is 0.711. The molecule has 0 spiro atoms. The Morgan fingerprint density at radius 3 is 2.56 bits per heavy atom. The van der Waals surface area contributed by atoms with Crippen molar-refractivity contribution in [3.05, 3.63) is 0 Å². The van der Waals surface area contributed by atoms with Crippen LogP contribution >= 0.6 is 0 Å². The molecule has 1 saturated carbocycles. The van der Waals surface area contributed by atoms with Crippen LogP contribution in [-0.4, -0.2) is 49.8 Å². The smallest absolute Gasteiger partial charge is 0.310 e. The summed E-state index contributed by atoms with van der Waals surface area (Å²) < 4.78 is 5.03. The maximum Gasteiger partial charge on any atom is 0.310 e. The van der Waals surface area contributed by atoms with Gasteiger partial charge in [0, 0.05) is 26.8 Å². The van der Waals surface area contributed by atoms with Crippen molar-refractivity contribution < 1.29 is 14.6 Å². The van der Waals surface area contributed by atoms with Crippen LogP contribution in [0.4, 0.5) is 0 Å². The molecule has 0 aliphatic heterocycles. The Morgan fingerprint density at radius 1 is 1.44 bits per heavy atom. The number of carboxylic acid groups (broad SMARTS) is 1. The van der Waals surface area contributed by atoms with Gasteiger partial charge in [0.1, 0.15) is 0 Å². The van der Waals surface area contributed by atoms with E-state index >= 15 is 0 Å². The number of methoxy groups -OCH3 is 1. The summed E-state index contributed by atoms with van der Waals surface area (Å²) in [4.78, 5) is 13.7. The molecule has 0 aromatic rings. The van der Waals surface area contributed by atoms with Crippen molar-refractivity contribution in [1.82, 2.24) is 4.90 Å². The fraction of sp³-hybridized carbons (Fsp3) is 0.929. The standard InChI is InChI=1S/C14H27NO3/c1-12-5-7-14(8-6-12,13(16)17)11-15(2)9-4-10-18-3/h12H,4-11H2,1-3H3,(H,16,17). The van der Waals surface area contributed by atoms with E-state index in [4.69, 9.17) is 4.74 Å². The monoisotopic (exact) mass is 257 g/mol. The predicted octanol–water partition coefficient (Wildman–Crippen LogP) is 2.24. The van der Waals surface area contributed by atoms with Gasteiger partial charge in [0.05, 0.1) is 5.41 Å². The summed E-state index contributed by atoms with van der Waals surface area (Å²) >= 11 is 0. The molecule has 4 nitrogen and oxygen atoms in total. The van der Waals surface area contributed by atoms with Crippen LogP contribution in [0, 0.1) is 11.3 Å². The first-order valence-electron chi connectivity index (χ1n) is 6.91. The molecule has 0 aromatic carbocycles. The van der Waals surface area contributed by atoms with Crippen LogP contribution in [0.1, 0.15) is 39.0 Å². The van der Waals surface area contributed by atoms with Crippen molar-refractivity contribution in [3.8, 4) is 0 Å². The zero-order valence-corrected chi connectivity index (χ0v) is 11.9. The predicted molar refractivity (Wildman–Crippen MR) is 71.7 cm³/mol. The Balaban J connectivity index is 2.50. The van der Waals surface area contributed by atoms with E-state index in [1.165, 1.54) is 0 Å². The lowest BCUT2D eigenvalue weighted by Crippen LogP contribution is -2.44. The van der Waals surface area contributed by atoms with Crippen LogP contribution in [0.25, 0.3) is 0 Å². The highest BCUT2D eigenvalue weighted by molar-refractivity contribution is 5.75. The van der Waals surface area contributed by atoms with Crippen LogP contribution in [0.15, 0.2) is 0 Å². The molecule has 4 heteroatoms. The molecule has 0 heterocycles. The Hall–Kier alpha value is -0.610. The van der Waals surface area contributed by atoms with Gasteiger partial charge in [-0.2, -0.15) is 0 Å². The molecule has 0 atom stereocenters. The molecule has 0 unspecified atom stereocenters. The first-order chi connectivity index (χ1) is 8.50. The molecule has 1 fully saturated rings. The molecule has 18 heavy (non-hydrogen) atoms. The molecule has 1 aliphatic rings. The largest absolute Gasteiger partial charge is 0.481 e. The Bertz CT molecular complexity index is 260. The number of hydrogen-bond acceptors (Lipinski definition) is 3. The Labute approximate surface area is 110 Å². The summed E-state index contributed by atoms with van der Waals surface area (Å²) in [6.07, 6.45) is 4.67. The number of hydrogen-bond donors (Lipinski definition) is 1. The number of aliphatic carboxylic acids is 1. The second-order valence-electron chi connectivity index (χ2n) is 5.85. The van der Waals surface area contributed by atoms with Crippen LogP contribution in [0.5, 0.6) is 0 Å². The van der Waals surface area contributed by atoms with E-state index in [1.807, 2.05) is 7.05 Å². The van der Waals surface area contributed by atoms with Gasteiger partial charge in [0.25, 0.3) is 0 Å². The second-order valence-corrected chi connectivity index (χ2v) is 5.85. The molecule has 1 rings (SSSR count). The molecule has 1 aliphatic carbocycles. The SMILES string of the molecule is COCCCN(C)CC1(C(=O)O)CCC(C)CC1. The molecule has 1 N–H and O–H groups in total. The zero-order valence-electron chi connectivity index (χ0n) is 11.9. The molecule has 0 radical (unpaired) electrons. The van der Waals surface area contributed by atoms with Gasteiger partial charge in [-0.25, -0.2) is 0 Å². The van der Waals surface area contributed by atoms with Crippen LogP contribution in [0.3, 0.4) is 0 Å². The van der Waals surface area contributed by atoms with Gasteiger partial charge in [-0.1, -0.05) is 6.92 Å². The number of ether oxygens (including phenoxy) is 1. The summed E-state index contributed by atoms with van der Waals surface area (Å²) in [5.74, 6) is 0.0595. The van der Waals surface area contributed by atoms with Crippen molar-refractivity contribution >= 4 is 5.97 Å². The second kappa shape index (κ2) is 7.10. The van der Waals surface area contributed by atoms with Crippen molar-refractivity contribution in [3.63, 3.8) is 0 Å². The van der Waals surface area contributed by atoms with Gasteiger partial charge in [-0.05, 0) is 45.1 Å². The normalized spacial score (nSPS) is 28.6. The molecule has 0 bridgehead atoms. The summed E-state index contributed by atoms with van der Waals surface area (Å²) in [6.45, 7) is 4.52. The summed E-state index contributed by atoms with van der Waals surface area (Å²) in [7, 11) is 3.71. The van der Waals surface area contributed by atoms with Gasteiger partial charge in [-0.15, -0.1) is 0 Å². The van der Waals surface area contributed by atoms with Crippen molar-refractivity contribution in [2.24, 2.45) is 11.3 Å². The van der Waals surface area contributed by atoms with Gasteiger partial charge < -0.3 is 14.7 Å². The van der Waals surface area contributed by atoms with Crippen molar-refractivity contribution in [1.29, 1.82) is 0 Å². The molecule has 0 saturated heterocycles. The van der Waals surface area contributed by atoms with Gasteiger partial charge in [-0.3, -0.25) is 4.79 Å². The minimum atomic E-state index is -0.618. The Kier molecular flexibility index (Phi) is 6.09. The van der Waals surface area contributed by atoms with Crippen LogP contribution < -0.4 is 0 Å². The average Bonchev–Trinajstić information content (AvgIpc) is 2.32. The highest BCUT2D eigenvalue weighted by atomic mass is 16.5. The summed E-state index contributed by atoms with van der Waals surface area (Å²) in [5, 5.41) is 9.54. The lowest BCUT2D eigenvalue weighted by Gasteiger charge is -2.38. The third-order valence-corrected chi connectivity index (χ3v) is 4.15. The Morgan fingerprint density at radius 2 is 2.06 bits per heavy atom. The highest BCUT2D eigenvalue weighted by Gasteiger charge is 2.41. The fourth-order valence-electron chi connectivity index (χ4n) is 2.83. The minimum Gasteiger partial charge on any atom is -0.481 e. The molecular formula is C14H27NO3. The van der Waals surface area contributed by atoms with E-state index in [0.29, 0.717) is 12.5 Å². The van der Waals surface area contributed by atoms with Gasteiger partial charge in [0.15, 0.2) is 0 Å². The van der Waals surface area contributed by atoms with Crippen LogP contribution in [-0.2, 0) is 9.53 Å². The van der Waals surface area contributed by atoms with E-state index in [2.05, 4.69) is 11.8 Å². The summed E-state index contributed by atoms with van der Waals surface area (Å²) in [5.41, 5.74) is -0.520. The van der Waals surface area contributed by atoms with Gasteiger partial charge in [0.2, 0.25) is 0 Å². The summed E-state index contributed by atoms with van der Waals surface area (Å²) in [6, 6.07) is 0. The lowest BCUT2D eigenvalue weighted by atomic mass is 9.70. The van der Waals surface area contributed by atoms with E-state index in [9.17, 15) is 9.90 Å². The van der Waals surface area contributed by atoms with E-state index in [0.717, 1.165) is 45.3 Å². The third-order valence-electron chi connectivity index (χ3n) is 4.15. The lowest BCUT2D eigenvalue weighted by molar-refractivity contribution is -0.153. The molecular weight excluding hydrogens is 230 g/mol. The van der Waals surface area contributed by atoms with Crippen LogP contribution in [0.2, 0.25) is 0 Å². The first-order valence-corrected chi connectivity index (χ1v) is 6.91. The number of rotatable bonds is 7. The molecule has 0 aromatic heterocycles. The minimum absolute atomic E-state index is 0.520. The van der Waals surface area contributed by atoms with E-state index in [1.54, 1.807) is 7.11 Å². The molecule has 106 valence electrons. The fourth-order valence-corrected chi connectivity index (χ4v) is 2.83. The number of carbonyl (C=O) groups is 1. The van der Waals surface area contributed by atoms with E-state index < -0.39 is 11.4 Å². The maximum absolute atomic E-state index is 11.6. The van der Waals surface area contributed by atoms with Crippen molar-refractivity contribution in [2.75, 3.05) is 33.9 Å². The number of nitrogens with zero attached hydrogens (tertiary/aromatic N) is 1. The zero-order chi connectivity index (χ0) is 13.6. The average molecular weight is 257 g/mol. The highest BCUT2D eigenvalue weighted by Crippen LogP contribution is 2.39. The molecule has 0 amide bonds. The van der Waals surface area contributed by atoms with E-state index in [-0.39, 0.29) is 0 Å². The maximum atomic E-state index is 11.6. The van der Waals surface area contributed by atoms with Crippen molar-refractivity contribution in [2.45, 2.75) is 39.0 Å². The topological polar surface area (TPSA) is 49.8 Å².